The van der Waals surface area contributed by atoms with Crippen LogP contribution in [-0.4, -0.2) is 140 Å². The molecule has 0 saturated heterocycles. The summed E-state index contributed by atoms with van der Waals surface area (Å²) in [7, 11) is 2.64. The number of methoxy groups -OCH3 is 2. The third kappa shape index (κ3) is 16.2. The maximum atomic E-state index is 11.9. The Labute approximate surface area is 276 Å². The molecule has 0 saturated carbocycles. The first-order valence-corrected chi connectivity index (χ1v) is 16.8. The summed E-state index contributed by atoms with van der Waals surface area (Å²) in [6.45, 7) is 4.81. The van der Waals surface area contributed by atoms with Gasteiger partial charge in [-0.2, -0.15) is 11.8 Å². The van der Waals surface area contributed by atoms with E-state index in [1.54, 1.807) is 24.3 Å². The van der Waals surface area contributed by atoms with Crippen molar-refractivity contribution in [3.05, 3.63) is 59.2 Å². The number of carbonyl (C=O) groups is 2. The first kappa shape index (κ1) is 39.5. The number of hydrogen-bond donors (Lipinski definition) is 3. The molecule has 0 aliphatic heterocycles. The summed E-state index contributed by atoms with van der Waals surface area (Å²) in [4.78, 5) is 36.5. The van der Waals surface area contributed by atoms with E-state index in [1.807, 2.05) is 33.7 Å². The van der Waals surface area contributed by atoms with Crippen molar-refractivity contribution in [2.75, 3.05) is 91.5 Å². The van der Waals surface area contributed by atoms with E-state index >= 15 is 0 Å². The summed E-state index contributed by atoms with van der Waals surface area (Å²) in [5.41, 5.74) is 7.49. The molecular formula is C32H51N5O8S. The molecule has 0 spiro atoms. The second-order valence-electron chi connectivity index (χ2n) is 10.5. The number of carbonyl (C=O) groups excluding carboxylic acids is 2. The molecule has 13 nitrogen and oxygen atoms in total. The topological polar surface area (TPSA) is 170 Å². The predicted molar refractivity (Wildman–Crippen MR) is 177 cm³/mol. The lowest BCUT2D eigenvalue weighted by molar-refractivity contribution is -0.0175. The molecule has 0 aliphatic carbocycles. The van der Waals surface area contributed by atoms with Crippen LogP contribution in [0.3, 0.4) is 0 Å². The number of aromatic nitrogens is 2. The van der Waals surface area contributed by atoms with Gasteiger partial charge in [-0.3, -0.25) is 9.80 Å². The number of thioether (sulfide) groups is 1. The van der Waals surface area contributed by atoms with Crippen molar-refractivity contribution in [3.63, 3.8) is 0 Å². The average molecular weight is 666 g/mol. The normalized spacial score (nSPS) is 12.1. The van der Waals surface area contributed by atoms with Gasteiger partial charge in [0.2, 0.25) is 0 Å². The van der Waals surface area contributed by atoms with Gasteiger partial charge in [-0.15, -0.1) is 0 Å². The zero-order chi connectivity index (χ0) is 33.4. The minimum absolute atomic E-state index is 0.0178. The van der Waals surface area contributed by atoms with Crippen molar-refractivity contribution in [1.29, 1.82) is 0 Å². The number of unbranched alkanes of at least 4 members (excludes halogenated alkanes) is 2. The Hall–Kier alpha value is -2.69. The summed E-state index contributed by atoms with van der Waals surface area (Å²) < 4.78 is 21.9. The lowest BCUT2D eigenvalue weighted by Gasteiger charge is -2.24. The van der Waals surface area contributed by atoms with Gasteiger partial charge in [-0.25, -0.2) is 19.6 Å². The smallest absolute Gasteiger partial charge is 0.356 e. The van der Waals surface area contributed by atoms with Crippen LogP contribution >= 0.6 is 11.8 Å². The largest absolute Gasteiger partial charge is 0.464 e. The van der Waals surface area contributed by atoms with Gasteiger partial charge in [0.1, 0.15) is 11.4 Å². The highest BCUT2D eigenvalue weighted by Gasteiger charge is 2.15. The zero-order valence-corrected chi connectivity index (χ0v) is 28.0. The van der Waals surface area contributed by atoms with Crippen LogP contribution in [-0.2, 0) is 32.0 Å². The van der Waals surface area contributed by atoms with E-state index < -0.39 is 11.9 Å². The number of pyridine rings is 2. The second-order valence-corrected chi connectivity index (χ2v) is 11.7. The van der Waals surface area contributed by atoms with Crippen LogP contribution in [0.4, 0.5) is 0 Å². The molecular weight excluding hydrogens is 614 g/mol. The lowest BCUT2D eigenvalue weighted by atomic mass is 10.2. The fraction of sp³-hybridized carbons (Fsp3) is 0.625. The quantitative estimate of drug-likeness (QED) is 0.0978. The van der Waals surface area contributed by atoms with E-state index in [-0.39, 0.29) is 30.7 Å². The van der Waals surface area contributed by atoms with Crippen molar-refractivity contribution in [3.8, 4) is 0 Å². The first-order chi connectivity index (χ1) is 22.4. The number of ether oxygens (including phenoxy) is 4. The van der Waals surface area contributed by atoms with Crippen molar-refractivity contribution in [2.24, 2.45) is 5.73 Å². The highest BCUT2D eigenvalue weighted by atomic mass is 32.2. The molecule has 46 heavy (non-hydrogen) atoms. The van der Waals surface area contributed by atoms with Crippen LogP contribution in [0.5, 0.6) is 0 Å². The number of rotatable bonds is 26. The molecule has 0 bridgehead atoms. The Kier molecular flexibility index (Phi) is 21.0. The summed E-state index contributed by atoms with van der Waals surface area (Å²) in [5.74, 6) is 0.800. The van der Waals surface area contributed by atoms with Gasteiger partial charge in [0.25, 0.3) is 0 Å². The summed E-state index contributed by atoms with van der Waals surface area (Å²) >= 11 is 1.83. The van der Waals surface area contributed by atoms with Crippen molar-refractivity contribution < 1.29 is 38.7 Å². The van der Waals surface area contributed by atoms with Crippen molar-refractivity contribution in [2.45, 2.75) is 38.5 Å². The molecule has 0 unspecified atom stereocenters. The minimum atomic E-state index is -0.494. The molecule has 4 N–H and O–H groups in total. The fourth-order valence-corrected chi connectivity index (χ4v) is 5.52. The van der Waals surface area contributed by atoms with Crippen LogP contribution in [0.2, 0.25) is 0 Å². The van der Waals surface area contributed by atoms with Crippen molar-refractivity contribution in [1.82, 2.24) is 19.8 Å². The highest BCUT2D eigenvalue weighted by molar-refractivity contribution is 7.99. The zero-order valence-electron chi connectivity index (χ0n) is 27.2. The molecule has 0 radical (unpaired) electrons. The Morgan fingerprint density at radius 1 is 0.826 bits per heavy atom. The highest BCUT2D eigenvalue weighted by Crippen LogP contribution is 2.12. The van der Waals surface area contributed by atoms with Crippen LogP contribution in [0, 0.1) is 0 Å². The molecule has 0 fully saturated rings. The van der Waals surface area contributed by atoms with E-state index in [0.29, 0.717) is 77.0 Å². The Morgan fingerprint density at radius 3 is 1.91 bits per heavy atom. The molecule has 258 valence electrons. The number of esters is 2. The summed E-state index contributed by atoms with van der Waals surface area (Å²) in [6, 6.07) is 10.4. The van der Waals surface area contributed by atoms with Gasteiger partial charge < -0.3 is 34.9 Å². The molecule has 0 aliphatic rings. The van der Waals surface area contributed by atoms with Gasteiger partial charge in [-0.1, -0.05) is 18.6 Å². The molecule has 0 aromatic carbocycles. The van der Waals surface area contributed by atoms with Gasteiger partial charge in [0, 0.05) is 45.0 Å². The second kappa shape index (κ2) is 24.5. The number of aliphatic hydroxyl groups excluding tert-OH is 2. The SMILES string of the molecule is COC(=O)c1cccc(CN(CCO)CCOC[C@@H](CSCCCCCN)OCCN(CCO)Cc2cccc(C(=O)OC)n2)n1. The predicted octanol–water partition coefficient (Wildman–Crippen LogP) is 1.60. The Balaban J connectivity index is 1.90. The van der Waals surface area contributed by atoms with E-state index in [1.165, 1.54) is 14.2 Å². The number of nitrogens with two attached hydrogens (primary N) is 1. The maximum Gasteiger partial charge on any atom is 0.356 e. The van der Waals surface area contributed by atoms with E-state index in [2.05, 4.69) is 9.97 Å². The van der Waals surface area contributed by atoms with Gasteiger partial charge in [0.05, 0.1) is 64.7 Å². The molecule has 0 amide bonds. The van der Waals surface area contributed by atoms with Gasteiger partial charge in [0.15, 0.2) is 0 Å². The standard InChI is InChI=1S/C32H51N5O8S/c1-42-31(40)29-10-6-8-26(34-29)22-36(13-17-38)15-19-44-24-28(25-46-21-5-3-4-12-33)45-20-16-37(14-18-39)23-27-9-7-11-30(35-27)32(41)43-2/h6-11,28,38-39H,3-5,12-25,33H2,1-2H3/t28-/m0/s1. The van der Waals surface area contributed by atoms with Crippen LogP contribution in [0.15, 0.2) is 36.4 Å². The molecule has 2 rings (SSSR count). The van der Waals surface area contributed by atoms with Crippen LogP contribution < -0.4 is 5.73 Å². The van der Waals surface area contributed by atoms with E-state index in [0.717, 1.165) is 30.8 Å². The maximum absolute atomic E-state index is 11.9. The molecule has 2 heterocycles. The lowest BCUT2D eigenvalue weighted by Crippen LogP contribution is -2.34. The average Bonchev–Trinajstić information content (AvgIpc) is 3.07. The molecule has 2 aromatic rings. The number of nitrogens with zero attached hydrogens (tertiary/aromatic N) is 4. The van der Waals surface area contributed by atoms with E-state index in [4.69, 9.17) is 24.7 Å². The first-order valence-electron chi connectivity index (χ1n) is 15.7. The third-order valence-electron chi connectivity index (χ3n) is 6.92. The summed E-state index contributed by atoms with van der Waals surface area (Å²) in [6.07, 6.45) is 3.08. The third-order valence-corrected chi connectivity index (χ3v) is 8.10. The Bertz CT molecular complexity index is 1130. The molecule has 14 heteroatoms. The summed E-state index contributed by atoms with van der Waals surface area (Å²) in [5, 5.41) is 19.2. The minimum Gasteiger partial charge on any atom is -0.464 e. The Morgan fingerprint density at radius 2 is 1.39 bits per heavy atom. The molecule has 2 aromatic heterocycles. The van der Waals surface area contributed by atoms with E-state index in [9.17, 15) is 19.8 Å². The number of aliphatic hydroxyl groups is 2. The van der Waals surface area contributed by atoms with Crippen LogP contribution in [0.1, 0.15) is 51.6 Å². The fourth-order valence-electron chi connectivity index (χ4n) is 4.49. The van der Waals surface area contributed by atoms with Gasteiger partial charge in [-0.05, 0) is 49.4 Å². The van der Waals surface area contributed by atoms with Crippen molar-refractivity contribution >= 4 is 23.7 Å². The molecule has 1 atom stereocenters. The monoisotopic (exact) mass is 665 g/mol. The number of hydrogen-bond acceptors (Lipinski definition) is 14. The van der Waals surface area contributed by atoms with Crippen LogP contribution in [0.25, 0.3) is 0 Å². The van der Waals surface area contributed by atoms with Gasteiger partial charge >= 0.3 is 11.9 Å².